The number of unbranched alkanes of at least 4 members (excludes halogenated alkanes) is 26. The lowest BCUT2D eigenvalue weighted by Crippen LogP contribution is -2.30. The summed E-state index contributed by atoms with van der Waals surface area (Å²) in [5.41, 5.74) is 0. The molecule has 0 N–H and O–H groups in total. The number of allylic oxidation sites excluding steroid dienone is 11. The molecule has 0 bridgehead atoms. The first kappa shape index (κ1) is 60.9. The summed E-state index contributed by atoms with van der Waals surface area (Å²) < 4.78 is 16.7. The van der Waals surface area contributed by atoms with Gasteiger partial charge in [0.25, 0.3) is 0 Å². The highest BCUT2D eigenvalue weighted by molar-refractivity contribution is 5.72. The largest absolute Gasteiger partial charge is 0.462 e. The summed E-state index contributed by atoms with van der Waals surface area (Å²) in [6.07, 6.45) is 66.3. The van der Waals surface area contributed by atoms with Crippen LogP contribution < -0.4 is 0 Å². The Hall–Kier alpha value is -3.15. The molecule has 0 aliphatic rings. The summed E-state index contributed by atoms with van der Waals surface area (Å²) >= 11 is 0. The van der Waals surface area contributed by atoms with E-state index in [1.165, 1.54) is 135 Å². The first-order valence-electron chi connectivity index (χ1n) is 26.9. The van der Waals surface area contributed by atoms with Gasteiger partial charge in [-0.25, -0.2) is 0 Å². The number of hydrogen-bond donors (Lipinski definition) is 0. The molecule has 0 saturated heterocycles. The van der Waals surface area contributed by atoms with E-state index in [4.69, 9.17) is 14.2 Å². The minimum absolute atomic E-state index is 0.0972. The molecule has 64 heavy (non-hydrogen) atoms. The fourth-order valence-electron chi connectivity index (χ4n) is 7.45. The highest BCUT2D eigenvalue weighted by atomic mass is 16.6. The fourth-order valence-corrected chi connectivity index (χ4v) is 7.45. The molecule has 0 saturated carbocycles. The van der Waals surface area contributed by atoms with Crippen LogP contribution in [0.3, 0.4) is 0 Å². The summed E-state index contributed by atoms with van der Waals surface area (Å²) in [5, 5.41) is 0. The van der Waals surface area contributed by atoms with E-state index in [0.717, 1.165) is 83.5 Å². The van der Waals surface area contributed by atoms with Crippen LogP contribution in [0.1, 0.15) is 258 Å². The number of esters is 3. The minimum atomic E-state index is -0.831. The normalized spacial score (nSPS) is 12.6. The average Bonchev–Trinajstić information content (AvgIpc) is 3.29. The third-order valence-corrected chi connectivity index (χ3v) is 11.5. The molecule has 6 nitrogen and oxygen atoms in total. The zero-order valence-corrected chi connectivity index (χ0v) is 42.0. The Morgan fingerprint density at radius 2 is 0.656 bits per heavy atom. The van der Waals surface area contributed by atoms with Gasteiger partial charge in [0.2, 0.25) is 0 Å². The van der Waals surface area contributed by atoms with Crippen LogP contribution in [0, 0.1) is 0 Å². The lowest BCUT2D eigenvalue weighted by Gasteiger charge is -2.18. The van der Waals surface area contributed by atoms with Crippen molar-refractivity contribution in [3.05, 3.63) is 72.9 Å². The zero-order chi connectivity index (χ0) is 46.5. The molecule has 0 rings (SSSR count). The van der Waals surface area contributed by atoms with Crippen molar-refractivity contribution < 1.29 is 28.6 Å². The topological polar surface area (TPSA) is 78.9 Å². The van der Waals surface area contributed by atoms with Gasteiger partial charge in [0, 0.05) is 12.8 Å². The first-order chi connectivity index (χ1) is 31.5. The number of carbonyl (C=O) groups excluding carboxylic acids is 3. The summed E-state index contributed by atoms with van der Waals surface area (Å²) in [5.74, 6) is -1.05. The van der Waals surface area contributed by atoms with Crippen molar-refractivity contribution >= 4 is 17.9 Å². The van der Waals surface area contributed by atoms with E-state index < -0.39 is 12.1 Å². The Morgan fingerprint density at radius 3 is 1.02 bits per heavy atom. The summed E-state index contributed by atoms with van der Waals surface area (Å²) in [4.78, 5) is 38.0. The molecule has 6 heteroatoms. The lowest BCUT2D eigenvalue weighted by atomic mass is 10.0. The van der Waals surface area contributed by atoms with Gasteiger partial charge in [-0.05, 0) is 70.6 Å². The highest BCUT2D eigenvalue weighted by Crippen LogP contribution is 2.15. The van der Waals surface area contributed by atoms with Crippen LogP contribution >= 0.6 is 0 Å². The molecule has 1 unspecified atom stereocenters. The number of rotatable bonds is 48. The molecule has 0 fully saturated rings. The van der Waals surface area contributed by atoms with E-state index in [0.29, 0.717) is 12.8 Å². The molecule has 1 atom stereocenters. The molecule has 0 aromatic carbocycles. The molecule has 368 valence electrons. The third kappa shape index (κ3) is 49.9. The van der Waals surface area contributed by atoms with Gasteiger partial charge in [0.15, 0.2) is 6.10 Å². The second-order valence-corrected chi connectivity index (χ2v) is 17.8. The van der Waals surface area contributed by atoms with Crippen LogP contribution in [-0.2, 0) is 28.6 Å². The van der Waals surface area contributed by atoms with Crippen molar-refractivity contribution in [1.29, 1.82) is 0 Å². The van der Waals surface area contributed by atoms with Gasteiger partial charge in [-0.1, -0.05) is 241 Å². The summed E-state index contributed by atoms with van der Waals surface area (Å²) in [6.45, 7) is 6.44. The number of ether oxygens (including phenoxy) is 3. The van der Waals surface area contributed by atoms with Crippen LogP contribution in [-0.4, -0.2) is 37.2 Å². The lowest BCUT2D eigenvalue weighted by molar-refractivity contribution is -0.166. The van der Waals surface area contributed by atoms with Gasteiger partial charge >= 0.3 is 17.9 Å². The highest BCUT2D eigenvalue weighted by Gasteiger charge is 2.19. The van der Waals surface area contributed by atoms with E-state index >= 15 is 0 Å². The van der Waals surface area contributed by atoms with Crippen LogP contribution in [0.2, 0.25) is 0 Å². The van der Waals surface area contributed by atoms with Crippen LogP contribution in [0.4, 0.5) is 0 Å². The predicted molar refractivity (Wildman–Crippen MR) is 274 cm³/mol. The summed E-state index contributed by atoms with van der Waals surface area (Å²) in [7, 11) is 0. The maximum Gasteiger partial charge on any atom is 0.310 e. The van der Waals surface area contributed by atoms with Gasteiger partial charge < -0.3 is 14.2 Å². The van der Waals surface area contributed by atoms with Crippen LogP contribution in [0.5, 0.6) is 0 Å². The van der Waals surface area contributed by atoms with E-state index in [1.807, 2.05) is 6.08 Å². The molecular weight excluding hydrogens is 793 g/mol. The molecule has 0 aliphatic carbocycles. The average molecular weight is 893 g/mol. The Labute approximate surface area is 395 Å². The molecule has 0 aliphatic heterocycles. The van der Waals surface area contributed by atoms with Gasteiger partial charge in [0.05, 0.1) is 6.42 Å². The maximum absolute atomic E-state index is 12.7. The van der Waals surface area contributed by atoms with Gasteiger partial charge in [0.1, 0.15) is 13.2 Å². The van der Waals surface area contributed by atoms with Crippen molar-refractivity contribution in [3.63, 3.8) is 0 Å². The molecule has 0 radical (unpaired) electrons. The van der Waals surface area contributed by atoms with E-state index in [-0.39, 0.29) is 31.6 Å². The molecular formula is C58H100O6. The first-order valence-corrected chi connectivity index (χ1v) is 26.9. The Bertz CT molecular complexity index is 1210. The Balaban J connectivity index is 4.49. The number of carbonyl (C=O) groups is 3. The molecule has 0 aromatic rings. The predicted octanol–water partition coefficient (Wildman–Crippen LogP) is 17.8. The van der Waals surface area contributed by atoms with E-state index in [2.05, 4.69) is 81.5 Å². The Morgan fingerprint density at radius 1 is 0.344 bits per heavy atom. The van der Waals surface area contributed by atoms with E-state index in [9.17, 15) is 14.4 Å². The molecule has 0 heterocycles. The van der Waals surface area contributed by atoms with Gasteiger partial charge in [-0.15, -0.1) is 0 Å². The van der Waals surface area contributed by atoms with Crippen molar-refractivity contribution in [2.24, 2.45) is 0 Å². The molecule has 0 spiro atoms. The Kier molecular flexibility index (Phi) is 49.9. The SMILES string of the molecule is CC/C=C\C/C=C\C/C=C\C/C=C\C/C=C\CC(=O)OC(COC(=O)CCCCCCC/C=C\CCCCCCCC)COC(=O)CCCCCCCCCCCCCCCCCC. The van der Waals surface area contributed by atoms with Crippen molar-refractivity contribution in [3.8, 4) is 0 Å². The monoisotopic (exact) mass is 893 g/mol. The molecule has 0 aromatic heterocycles. The van der Waals surface area contributed by atoms with E-state index in [1.54, 1.807) is 6.08 Å². The smallest absolute Gasteiger partial charge is 0.310 e. The fraction of sp³-hybridized carbons (Fsp3) is 0.741. The minimum Gasteiger partial charge on any atom is -0.462 e. The van der Waals surface area contributed by atoms with Crippen LogP contribution in [0.15, 0.2) is 72.9 Å². The quantitative estimate of drug-likeness (QED) is 0.0262. The standard InChI is InChI=1S/C58H100O6/c1-4-7-10-13-16-19-22-25-28-31-33-36-39-42-45-48-51-57(60)63-54-55(64-58(61)52-49-46-43-40-37-34-30-27-24-21-18-15-12-9-6-3)53-62-56(59)50-47-44-41-38-35-32-29-26-23-20-17-14-11-8-5-2/h9,12,18,21,26-27,29-30,37,40,46,49,55H,4-8,10-11,13-17,19-20,22-25,28,31-36,38-39,41-45,47-48,50-54H2,1-3H3/b12-9-,21-18-,29-26-,30-27-,40-37-,49-46-. The van der Waals surface area contributed by atoms with Crippen molar-refractivity contribution in [1.82, 2.24) is 0 Å². The second kappa shape index (κ2) is 52.5. The third-order valence-electron chi connectivity index (χ3n) is 11.5. The van der Waals surface area contributed by atoms with Crippen molar-refractivity contribution in [2.75, 3.05) is 13.2 Å². The number of hydrogen-bond acceptors (Lipinski definition) is 6. The van der Waals surface area contributed by atoms with Crippen molar-refractivity contribution in [2.45, 2.75) is 264 Å². The van der Waals surface area contributed by atoms with Gasteiger partial charge in [-0.3, -0.25) is 14.4 Å². The van der Waals surface area contributed by atoms with Crippen LogP contribution in [0.25, 0.3) is 0 Å². The second-order valence-electron chi connectivity index (χ2n) is 17.8. The zero-order valence-electron chi connectivity index (χ0n) is 42.0. The summed E-state index contributed by atoms with van der Waals surface area (Å²) in [6, 6.07) is 0. The molecule has 0 amide bonds. The van der Waals surface area contributed by atoms with Gasteiger partial charge in [-0.2, -0.15) is 0 Å². The maximum atomic E-state index is 12.7.